The maximum absolute atomic E-state index is 11.7. The van der Waals surface area contributed by atoms with Gasteiger partial charge in [0.15, 0.2) is 0 Å². The summed E-state index contributed by atoms with van der Waals surface area (Å²) >= 11 is 10.6. The van der Waals surface area contributed by atoms with Gasteiger partial charge in [-0.1, -0.05) is 47.8 Å². The Morgan fingerprint density at radius 3 is 2.21 bits per heavy atom. The lowest BCUT2D eigenvalue weighted by molar-refractivity contribution is -0.119. The van der Waals surface area contributed by atoms with E-state index in [2.05, 4.69) is 47.8 Å². The number of carbonyl (C=O) groups excluding carboxylic acids is 1. The first-order chi connectivity index (χ1) is 6.69. The molecule has 4 heteroatoms. The molecule has 1 nitrogen and oxygen atoms in total. The topological polar surface area (TPSA) is 17.1 Å². The number of hydrogen-bond acceptors (Lipinski definition) is 1. The van der Waals surface area contributed by atoms with Crippen LogP contribution in [0.25, 0.3) is 0 Å². The average molecular weight is 389 g/mol. The molecule has 0 amide bonds. The van der Waals surface area contributed by atoms with Gasteiger partial charge in [-0.2, -0.15) is 0 Å². The minimum Gasteiger partial charge on any atom is -0.298 e. The number of halogens is 3. The van der Waals surface area contributed by atoms with Crippen LogP contribution in [0.4, 0.5) is 0 Å². The lowest BCUT2D eigenvalue weighted by Gasteiger charge is -2.49. The van der Waals surface area contributed by atoms with Crippen LogP contribution < -0.4 is 0 Å². The number of hydrogen-bond donors (Lipinski definition) is 0. The smallest absolute Gasteiger partial charge is 0.146 e. The van der Waals surface area contributed by atoms with Crippen LogP contribution in [0.2, 0.25) is 0 Å². The van der Waals surface area contributed by atoms with Crippen molar-refractivity contribution in [3.05, 3.63) is 0 Å². The van der Waals surface area contributed by atoms with Gasteiger partial charge in [-0.05, 0) is 30.1 Å². The molecule has 3 saturated carbocycles. The Bertz CT molecular complexity index is 232. The minimum atomic E-state index is 0.114. The number of rotatable bonds is 2. The number of ketones is 1. The summed E-state index contributed by atoms with van der Waals surface area (Å²) in [4.78, 5) is 11.8. The Labute approximate surface area is 110 Å². The molecule has 80 valence electrons. The molecule has 0 aromatic rings. The third-order valence-electron chi connectivity index (χ3n) is 3.82. The van der Waals surface area contributed by atoms with Crippen LogP contribution in [0.3, 0.4) is 0 Å². The molecule has 3 fully saturated rings. The van der Waals surface area contributed by atoms with Crippen LogP contribution in [0.5, 0.6) is 0 Å². The molecule has 3 rings (SSSR count). The van der Waals surface area contributed by atoms with E-state index in [0.29, 0.717) is 11.7 Å². The van der Waals surface area contributed by atoms with Crippen LogP contribution in [0.15, 0.2) is 0 Å². The molecule has 3 atom stereocenters. The van der Waals surface area contributed by atoms with E-state index in [1.807, 2.05) is 0 Å². The highest BCUT2D eigenvalue weighted by atomic mass is 79.9. The van der Waals surface area contributed by atoms with Crippen LogP contribution in [0, 0.1) is 23.7 Å². The molecule has 0 N–H and O–H groups in total. The summed E-state index contributed by atoms with van der Waals surface area (Å²) in [5, 5.41) is 2.11. The Morgan fingerprint density at radius 2 is 1.71 bits per heavy atom. The van der Waals surface area contributed by atoms with Crippen LogP contribution in [0.1, 0.15) is 12.8 Å². The molecule has 0 unspecified atom stereocenters. The van der Waals surface area contributed by atoms with Gasteiger partial charge in [0.2, 0.25) is 0 Å². The van der Waals surface area contributed by atoms with E-state index in [1.165, 1.54) is 0 Å². The normalized spacial score (nSPS) is 47.1. The molecule has 0 spiro atoms. The summed E-state index contributed by atoms with van der Waals surface area (Å²) in [5.41, 5.74) is 0. The number of carbonyl (C=O) groups is 1. The summed E-state index contributed by atoms with van der Waals surface area (Å²) < 4.78 is 0. The molecule has 3 aliphatic rings. The molecule has 0 aromatic carbocycles. The Hall–Kier alpha value is 1.11. The van der Waals surface area contributed by atoms with Crippen molar-refractivity contribution in [3.63, 3.8) is 0 Å². The number of Topliss-reactive ketones (excluding diaryl/α,β-unsaturated/α-hetero) is 1. The fourth-order valence-corrected chi connectivity index (χ4v) is 5.50. The maximum Gasteiger partial charge on any atom is 0.146 e. The zero-order valence-corrected chi connectivity index (χ0v) is 12.5. The van der Waals surface area contributed by atoms with Crippen molar-refractivity contribution in [1.82, 2.24) is 0 Å². The van der Waals surface area contributed by atoms with Gasteiger partial charge in [0.05, 0.1) is 4.83 Å². The molecule has 0 aliphatic heterocycles. The fourth-order valence-electron chi connectivity index (χ4n) is 2.97. The van der Waals surface area contributed by atoms with Gasteiger partial charge in [-0.3, -0.25) is 4.79 Å². The number of alkyl halides is 3. The quantitative estimate of drug-likeness (QED) is 0.663. The first kappa shape index (κ1) is 11.6. The van der Waals surface area contributed by atoms with Crippen molar-refractivity contribution in [3.8, 4) is 0 Å². The zero-order valence-electron chi connectivity index (χ0n) is 7.76. The van der Waals surface area contributed by atoms with Crippen molar-refractivity contribution in [1.29, 1.82) is 0 Å². The Morgan fingerprint density at radius 1 is 1.14 bits per heavy atom. The first-order valence-corrected chi connectivity index (χ1v) is 8.13. The van der Waals surface area contributed by atoms with Crippen molar-refractivity contribution >= 4 is 53.6 Å². The molecular formula is C10H13Br3O. The molecule has 0 heterocycles. The molecular weight excluding hydrogens is 376 g/mol. The van der Waals surface area contributed by atoms with Crippen LogP contribution in [-0.2, 0) is 4.79 Å². The Kier molecular flexibility index (Phi) is 3.76. The van der Waals surface area contributed by atoms with Gasteiger partial charge in [0, 0.05) is 17.1 Å². The fraction of sp³-hybridized carbons (Fsp3) is 0.900. The van der Waals surface area contributed by atoms with E-state index in [0.717, 1.165) is 41.3 Å². The summed E-state index contributed by atoms with van der Waals surface area (Å²) in [6.07, 6.45) is 1.81. The summed E-state index contributed by atoms with van der Waals surface area (Å²) in [7, 11) is 0. The predicted octanol–water partition coefficient (Wildman–Crippen LogP) is 3.38. The highest BCUT2D eigenvalue weighted by molar-refractivity contribution is 9.10. The van der Waals surface area contributed by atoms with Crippen LogP contribution >= 0.6 is 47.8 Å². The minimum absolute atomic E-state index is 0.114. The largest absolute Gasteiger partial charge is 0.298 e. The second kappa shape index (κ2) is 4.54. The molecule has 0 aromatic heterocycles. The van der Waals surface area contributed by atoms with E-state index < -0.39 is 0 Å². The van der Waals surface area contributed by atoms with Gasteiger partial charge in [0.25, 0.3) is 0 Å². The molecule has 14 heavy (non-hydrogen) atoms. The lowest BCUT2D eigenvalue weighted by Crippen LogP contribution is -2.47. The van der Waals surface area contributed by atoms with Gasteiger partial charge in [-0.15, -0.1) is 0 Å². The second-order valence-electron chi connectivity index (χ2n) is 4.34. The standard InChI is InChI=1S/C10H13Br3O/c11-3-7-5-1-9(13)10(14)2-6(7)8(5)4-12/h5-9H,1-4H2/t5?,6?,7-,8-,9-/m1/s1. The van der Waals surface area contributed by atoms with Gasteiger partial charge < -0.3 is 0 Å². The van der Waals surface area contributed by atoms with Gasteiger partial charge in [-0.25, -0.2) is 0 Å². The molecule has 3 aliphatic carbocycles. The second-order valence-corrected chi connectivity index (χ2v) is 6.74. The highest BCUT2D eigenvalue weighted by Crippen LogP contribution is 2.54. The van der Waals surface area contributed by atoms with Crippen molar-refractivity contribution in [2.75, 3.05) is 10.7 Å². The van der Waals surface area contributed by atoms with E-state index in [1.54, 1.807) is 0 Å². The SMILES string of the molecule is O=C1CC2[C@H](CBr)C(C[C@H]1Br)[C@H]2CBr. The summed E-state index contributed by atoms with van der Waals surface area (Å²) in [6.45, 7) is 0. The monoisotopic (exact) mass is 386 g/mol. The third kappa shape index (κ3) is 1.75. The first-order valence-electron chi connectivity index (χ1n) is 4.97. The lowest BCUT2D eigenvalue weighted by atomic mass is 9.57. The predicted molar refractivity (Wildman–Crippen MR) is 68.5 cm³/mol. The van der Waals surface area contributed by atoms with E-state index in [4.69, 9.17) is 0 Å². The zero-order chi connectivity index (χ0) is 10.3. The van der Waals surface area contributed by atoms with E-state index in [9.17, 15) is 4.79 Å². The molecule has 0 saturated heterocycles. The van der Waals surface area contributed by atoms with Crippen molar-refractivity contribution < 1.29 is 4.79 Å². The third-order valence-corrected chi connectivity index (χ3v) is 6.20. The summed E-state index contributed by atoms with van der Waals surface area (Å²) in [5.74, 6) is 3.21. The highest BCUT2D eigenvalue weighted by Gasteiger charge is 2.52. The van der Waals surface area contributed by atoms with Crippen molar-refractivity contribution in [2.24, 2.45) is 23.7 Å². The molecule has 0 radical (unpaired) electrons. The Balaban J connectivity index is 2.16. The van der Waals surface area contributed by atoms with Crippen molar-refractivity contribution in [2.45, 2.75) is 17.7 Å². The van der Waals surface area contributed by atoms with E-state index >= 15 is 0 Å². The molecule has 2 bridgehead atoms. The number of fused-ring (bicyclic) bond motifs is 3. The van der Waals surface area contributed by atoms with Gasteiger partial charge >= 0.3 is 0 Å². The van der Waals surface area contributed by atoms with Gasteiger partial charge in [0.1, 0.15) is 5.78 Å². The van der Waals surface area contributed by atoms with Crippen LogP contribution in [-0.4, -0.2) is 21.3 Å². The van der Waals surface area contributed by atoms with E-state index in [-0.39, 0.29) is 4.83 Å². The average Bonchev–Trinajstić information content (AvgIpc) is 2.35. The summed E-state index contributed by atoms with van der Waals surface area (Å²) in [6, 6.07) is 0. The maximum atomic E-state index is 11.7.